The van der Waals surface area contributed by atoms with Gasteiger partial charge in [0.15, 0.2) is 0 Å². The van der Waals surface area contributed by atoms with E-state index in [4.69, 9.17) is 4.74 Å². The van der Waals surface area contributed by atoms with Crippen molar-refractivity contribution in [2.75, 3.05) is 27.2 Å². The standard InChI is InChI=1S/C17H26N2O2/c1-14-7-4-5-10-19(14)13-17(20)18(2)12-15-8-6-9-16(11-15)21-3/h6,8-9,11,14H,4-5,7,10,12-13H2,1-3H3. The van der Waals surface area contributed by atoms with E-state index in [2.05, 4.69) is 11.8 Å². The van der Waals surface area contributed by atoms with E-state index < -0.39 is 0 Å². The minimum atomic E-state index is 0.187. The fourth-order valence-electron chi connectivity index (χ4n) is 2.82. The third-order valence-electron chi connectivity index (χ3n) is 4.26. The predicted molar refractivity (Wildman–Crippen MR) is 84.4 cm³/mol. The molecule has 0 saturated carbocycles. The number of amides is 1. The molecule has 116 valence electrons. The van der Waals surface area contributed by atoms with Gasteiger partial charge in [-0.3, -0.25) is 9.69 Å². The van der Waals surface area contributed by atoms with Crippen LogP contribution in [0.3, 0.4) is 0 Å². The number of piperidine rings is 1. The van der Waals surface area contributed by atoms with Crippen molar-refractivity contribution in [3.8, 4) is 5.75 Å². The Balaban J connectivity index is 1.89. The zero-order valence-corrected chi connectivity index (χ0v) is 13.3. The molecule has 1 atom stereocenters. The number of hydrogen-bond donors (Lipinski definition) is 0. The molecule has 1 aromatic rings. The molecule has 0 spiro atoms. The number of ether oxygens (including phenoxy) is 1. The first kappa shape index (κ1) is 15.8. The Bertz CT molecular complexity index is 476. The molecule has 1 amide bonds. The molecule has 4 nitrogen and oxygen atoms in total. The maximum atomic E-state index is 12.4. The highest BCUT2D eigenvalue weighted by atomic mass is 16.5. The molecule has 0 radical (unpaired) electrons. The van der Waals surface area contributed by atoms with Crippen molar-refractivity contribution < 1.29 is 9.53 Å². The van der Waals surface area contributed by atoms with Crippen LogP contribution in [0, 0.1) is 0 Å². The zero-order valence-electron chi connectivity index (χ0n) is 13.3. The monoisotopic (exact) mass is 290 g/mol. The lowest BCUT2D eigenvalue weighted by Crippen LogP contribution is -2.44. The summed E-state index contributed by atoms with van der Waals surface area (Å²) >= 11 is 0. The van der Waals surface area contributed by atoms with Gasteiger partial charge in [0.2, 0.25) is 5.91 Å². The molecule has 1 saturated heterocycles. The average molecular weight is 290 g/mol. The molecule has 0 bridgehead atoms. The Morgan fingerprint density at radius 2 is 2.24 bits per heavy atom. The molecular formula is C17H26N2O2. The number of carbonyl (C=O) groups is 1. The lowest BCUT2D eigenvalue weighted by Gasteiger charge is -2.33. The van der Waals surface area contributed by atoms with Crippen LogP contribution < -0.4 is 4.74 Å². The van der Waals surface area contributed by atoms with E-state index in [1.807, 2.05) is 31.3 Å². The molecule has 2 rings (SSSR count). The van der Waals surface area contributed by atoms with Crippen LogP contribution in [0.5, 0.6) is 5.75 Å². The van der Waals surface area contributed by atoms with Crippen molar-refractivity contribution in [3.63, 3.8) is 0 Å². The minimum Gasteiger partial charge on any atom is -0.497 e. The molecule has 0 aromatic heterocycles. The summed E-state index contributed by atoms with van der Waals surface area (Å²) in [5.41, 5.74) is 1.09. The summed E-state index contributed by atoms with van der Waals surface area (Å²) in [5, 5.41) is 0. The number of methoxy groups -OCH3 is 1. The molecule has 1 aliphatic rings. The lowest BCUT2D eigenvalue weighted by molar-refractivity contribution is -0.132. The van der Waals surface area contributed by atoms with Crippen molar-refractivity contribution in [2.24, 2.45) is 0 Å². The van der Waals surface area contributed by atoms with Crippen LogP contribution in [-0.4, -0.2) is 49.0 Å². The highest BCUT2D eigenvalue weighted by molar-refractivity contribution is 5.78. The maximum absolute atomic E-state index is 12.4. The zero-order chi connectivity index (χ0) is 15.2. The van der Waals surface area contributed by atoms with Gasteiger partial charge >= 0.3 is 0 Å². The Hall–Kier alpha value is -1.55. The Morgan fingerprint density at radius 3 is 2.95 bits per heavy atom. The quantitative estimate of drug-likeness (QED) is 0.835. The summed E-state index contributed by atoms with van der Waals surface area (Å²) < 4.78 is 5.22. The molecule has 1 fully saturated rings. The Morgan fingerprint density at radius 1 is 1.43 bits per heavy atom. The molecule has 1 heterocycles. The number of rotatable bonds is 5. The number of carbonyl (C=O) groups excluding carboxylic acids is 1. The number of hydrogen-bond acceptors (Lipinski definition) is 3. The fraction of sp³-hybridized carbons (Fsp3) is 0.588. The summed E-state index contributed by atoms with van der Waals surface area (Å²) in [6.45, 7) is 4.41. The van der Waals surface area contributed by atoms with Gasteiger partial charge < -0.3 is 9.64 Å². The molecule has 0 aliphatic carbocycles. The third kappa shape index (κ3) is 4.46. The van der Waals surface area contributed by atoms with E-state index >= 15 is 0 Å². The highest BCUT2D eigenvalue weighted by Gasteiger charge is 2.22. The first-order valence-electron chi connectivity index (χ1n) is 7.71. The van der Waals surface area contributed by atoms with Crippen LogP contribution in [0.25, 0.3) is 0 Å². The largest absolute Gasteiger partial charge is 0.497 e. The van der Waals surface area contributed by atoms with Crippen LogP contribution in [0.2, 0.25) is 0 Å². The van der Waals surface area contributed by atoms with Gasteiger partial charge in [-0.25, -0.2) is 0 Å². The Labute approximate surface area is 127 Å². The van der Waals surface area contributed by atoms with E-state index in [1.54, 1.807) is 12.0 Å². The first-order chi connectivity index (χ1) is 10.1. The van der Waals surface area contributed by atoms with Gasteiger partial charge in [-0.2, -0.15) is 0 Å². The van der Waals surface area contributed by atoms with Gasteiger partial charge in [-0.15, -0.1) is 0 Å². The molecule has 21 heavy (non-hydrogen) atoms. The topological polar surface area (TPSA) is 32.8 Å². The van der Waals surface area contributed by atoms with Crippen molar-refractivity contribution in [2.45, 2.75) is 38.8 Å². The van der Waals surface area contributed by atoms with E-state index in [0.717, 1.165) is 17.9 Å². The molecule has 1 aromatic carbocycles. The SMILES string of the molecule is COc1cccc(CN(C)C(=O)CN2CCCCC2C)c1. The van der Waals surface area contributed by atoms with Gasteiger partial charge in [0.25, 0.3) is 0 Å². The maximum Gasteiger partial charge on any atom is 0.236 e. The van der Waals surface area contributed by atoms with Crippen LogP contribution in [0.15, 0.2) is 24.3 Å². The van der Waals surface area contributed by atoms with Crippen LogP contribution in [-0.2, 0) is 11.3 Å². The van der Waals surface area contributed by atoms with Crippen LogP contribution in [0.4, 0.5) is 0 Å². The number of likely N-dealkylation sites (N-methyl/N-ethyl adjacent to an activating group) is 1. The highest BCUT2D eigenvalue weighted by Crippen LogP contribution is 2.17. The predicted octanol–water partition coefficient (Wildman–Crippen LogP) is 2.53. The van der Waals surface area contributed by atoms with Crippen molar-refractivity contribution >= 4 is 5.91 Å². The molecule has 4 heteroatoms. The van der Waals surface area contributed by atoms with E-state index in [-0.39, 0.29) is 5.91 Å². The van der Waals surface area contributed by atoms with Gasteiger partial charge in [0.1, 0.15) is 5.75 Å². The molecular weight excluding hydrogens is 264 g/mol. The normalized spacial score (nSPS) is 19.3. The number of benzene rings is 1. The van der Waals surface area contributed by atoms with Crippen LogP contribution in [0.1, 0.15) is 31.7 Å². The molecule has 1 unspecified atom stereocenters. The molecule has 1 aliphatic heterocycles. The summed E-state index contributed by atoms with van der Waals surface area (Å²) in [7, 11) is 3.53. The summed E-state index contributed by atoms with van der Waals surface area (Å²) in [6.07, 6.45) is 3.69. The fourth-order valence-corrected chi connectivity index (χ4v) is 2.82. The van der Waals surface area contributed by atoms with E-state index in [1.165, 1.54) is 19.3 Å². The van der Waals surface area contributed by atoms with E-state index in [0.29, 0.717) is 19.1 Å². The van der Waals surface area contributed by atoms with Crippen molar-refractivity contribution in [1.29, 1.82) is 0 Å². The number of likely N-dealkylation sites (tertiary alicyclic amines) is 1. The van der Waals surface area contributed by atoms with E-state index in [9.17, 15) is 4.79 Å². The lowest BCUT2D eigenvalue weighted by atomic mass is 10.0. The third-order valence-corrected chi connectivity index (χ3v) is 4.26. The summed E-state index contributed by atoms with van der Waals surface area (Å²) in [5.74, 6) is 1.02. The second kappa shape index (κ2) is 7.46. The van der Waals surface area contributed by atoms with Gasteiger partial charge in [-0.05, 0) is 44.0 Å². The van der Waals surface area contributed by atoms with Crippen LogP contribution >= 0.6 is 0 Å². The summed E-state index contributed by atoms with van der Waals surface area (Å²) in [6, 6.07) is 8.40. The average Bonchev–Trinajstić information content (AvgIpc) is 2.49. The first-order valence-corrected chi connectivity index (χ1v) is 7.71. The number of nitrogens with zero attached hydrogens (tertiary/aromatic N) is 2. The molecule has 0 N–H and O–H groups in total. The second-order valence-corrected chi connectivity index (χ2v) is 5.92. The van der Waals surface area contributed by atoms with Crippen molar-refractivity contribution in [3.05, 3.63) is 29.8 Å². The Kier molecular flexibility index (Phi) is 5.62. The van der Waals surface area contributed by atoms with Gasteiger partial charge in [-0.1, -0.05) is 18.6 Å². The van der Waals surface area contributed by atoms with Crippen molar-refractivity contribution in [1.82, 2.24) is 9.80 Å². The second-order valence-electron chi connectivity index (χ2n) is 5.92. The minimum absolute atomic E-state index is 0.187. The van der Waals surface area contributed by atoms with Gasteiger partial charge in [0.05, 0.1) is 13.7 Å². The summed E-state index contributed by atoms with van der Waals surface area (Å²) in [4.78, 5) is 16.5. The smallest absolute Gasteiger partial charge is 0.236 e. The van der Waals surface area contributed by atoms with Gasteiger partial charge in [0, 0.05) is 19.6 Å².